The van der Waals surface area contributed by atoms with Crippen molar-refractivity contribution in [3.05, 3.63) is 35.4 Å². The average Bonchev–Trinajstić information content (AvgIpc) is 2.48. The highest BCUT2D eigenvalue weighted by atomic mass is 15.3. The monoisotopic (exact) mass is 275 g/mol. The predicted octanol–water partition coefficient (Wildman–Crippen LogP) is 2.41. The van der Waals surface area contributed by atoms with Gasteiger partial charge in [0.1, 0.15) is 0 Å². The lowest BCUT2D eigenvalue weighted by atomic mass is 9.94. The van der Waals surface area contributed by atoms with E-state index in [1.807, 2.05) is 0 Å². The summed E-state index contributed by atoms with van der Waals surface area (Å²) in [4.78, 5) is 5.09. The molecule has 1 aliphatic rings. The van der Waals surface area contributed by atoms with Crippen molar-refractivity contribution in [2.75, 3.05) is 32.7 Å². The summed E-state index contributed by atoms with van der Waals surface area (Å²) >= 11 is 0. The van der Waals surface area contributed by atoms with Gasteiger partial charge in [-0.2, -0.15) is 0 Å². The van der Waals surface area contributed by atoms with Crippen molar-refractivity contribution in [3.8, 4) is 0 Å². The Morgan fingerprint density at radius 2 is 1.85 bits per heavy atom. The van der Waals surface area contributed by atoms with Crippen LogP contribution in [0.3, 0.4) is 0 Å². The summed E-state index contributed by atoms with van der Waals surface area (Å²) in [6.07, 6.45) is 1.02. The molecule has 0 spiro atoms. The molecule has 1 aromatic rings. The minimum absolute atomic E-state index is 0.213. The number of hydrogen-bond acceptors (Lipinski definition) is 3. The van der Waals surface area contributed by atoms with Gasteiger partial charge in [0.25, 0.3) is 0 Å². The van der Waals surface area contributed by atoms with Gasteiger partial charge in [0, 0.05) is 38.3 Å². The van der Waals surface area contributed by atoms with Crippen LogP contribution in [0.1, 0.15) is 37.4 Å². The van der Waals surface area contributed by atoms with Crippen LogP contribution in [0.25, 0.3) is 0 Å². The number of aryl methyl sites for hydroxylation is 1. The molecular weight excluding hydrogens is 246 g/mol. The van der Waals surface area contributed by atoms with Gasteiger partial charge in [0.15, 0.2) is 0 Å². The highest BCUT2D eigenvalue weighted by molar-refractivity contribution is 5.26. The molecule has 1 fully saturated rings. The van der Waals surface area contributed by atoms with E-state index in [-0.39, 0.29) is 6.04 Å². The van der Waals surface area contributed by atoms with E-state index in [1.54, 1.807) is 0 Å². The molecule has 20 heavy (non-hydrogen) atoms. The van der Waals surface area contributed by atoms with Gasteiger partial charge in [-0.25, -0.2) is 0 Å². The van der Waals surface area contributed by atoms with Crippen LogP contribution in [-0.2, 0) is 0 Å². The van der Waals surface area contributed by atoms with Crippen molar-refractivity contribution in [1.29, 1.82) is 0 Å². The molecule has 3 heteroatoms. The smallest absolute Gasteiger partial charge is 0.0500 e. The quantitative estimate of drug-likeness (QED) is 0.895. The zero-order valence-electron chi connectivity index (χ0n) is 13.2. The van der Waals surface area contributed by atoms with Gasteiger partial charge in [0.05, 0.1) is 0 Å². The first kappa shape index (κ1) is 15.5. The van der Waals surface area contributed by atoms with E-state index in [1.165, 1.54) is 11.1 Å². The number of nitrogens with two attached hydrogens (primary N) is 1. The van der Waals surface area contributed by atoms with Crippen molar-refractivity contribution >= 4 is 0 Å². The lowest BCUT2D eigenvalue weighted by molar-refractivity contribution is 0.0865. The first-order chi connectivity index (χ1) is 9.65. The van der Waals surface area contributed by atoms with E-state index in [0.717, 1.165) is 39.1 Å². The highest BCUT2D eigenvalue weighted by Crippen LogP contribution is 2.26. The van der Waals surface area contributed by atoms with Crippen LogP contribution in [0.5, 0.6) is 0 Å². The minimum Gasteiger partial charge on any atom is -0.326 e. The average molecular weight is 275 g/mol. The topological polar surface area (TPSA) is 32.5 Å². The molecule has 0 radical (unpaired) electrons. The lowest BCUT2D eigenvalue weighted by Gasteiger charge is -2.41. The molecule has 2 rings (SSSR count). The van der Waals surface area contributed by atoms with Crippen molar-refractivity contribution in [1.82, 2.24) is 9.80 Å². The van der Waals surface area contributed by atoms with Crippen molar-refractivity contribution in [2.45, 2.75) is 39.3 Å². The molecule has 1 saturated heterocycles. The molecular formula is C17H29N3. The van der Waals surface area contributed by atoms with Crippen LogP contribution in [-0.4, -0.2) is 48.6 Å². The van der Waals surface area contributed by atoms with Gasteiger partial charge >= 0.3 is 0 Å². The predicted molar refractivity (Wildman–Crippen MR) is 85.9 cm³/mol. The third-order valence-corrected chi connectivity index (χ3v) is 4.51. The third kappa shape index (κ3) is 3.60. The molecule has 1 heterocycles. The number of nitrogens with zero attached hydrogens (tertiary/aromatic N) is 2. The van der Waals surface area contributed by atoms with E-state index in [4.69, 9.17) is 5.73 Å². The van der Waals surface area contributed by atoms with Crippen LogP contribution in [0.2, 0.25) is 0 Å². The first-order valence-electron chi connectivity index (χ1n) is 7.94. The fourth-order valence-electron chi connectivity index (χ4n) is 3.16. The number of rotatable bonds is 5. The van der Waals surface area contributed by atoms with E-state index < -0.39 is 0 Å². The summed E-state index contributed by atoms with van der Waals surface area (Å²) in [5.41, 5.74) is 9.14. The van der Waals surface area contributed by atoms with Gasteiger partial charge < -0.3 is 10.6 Å². The number of benzene rings is 1. The standard InChI is InChI=1S/C17H29N3/c1-4-16(18)17(15-8-6-7-14(3)13-15)20-11-9-19(5-2)10-12-20/h6-8,13,16-17H,4-5,9-12,18H2,1-3H3. The summed E-state index contributed by atoms with van der Waals surface area (Å²) in [5.74, 6) is 0. The molecule has 3 nitrogen and oxygen atoms in total. The van der Waals surface area contributed by atoms with E-state index in [0.29, 0.717) is 6.04 Å². The Balaban J connectivity index is 2.16. The molecule has 1 aliphatic heterocycles. The van der Waals surface area contributed by atoms with Crippen LogP contribution in [0.4, 0.5) is 0 Å². The van der Waals surface area contributed by atoms with Gasteiger partial charge in [-0.3, -0.25) is 4.90 Å². The summed E-state index contributed by atoms with van der Waals surface area (Å²) in [7, 11) is 0. The maximum Gasteiger partial charge on any atom is 0.0500 e. The maximum atomic E-state index is 6.44. The third-order valence-electron chi connectivity index (χ3n) is 4.51. The van der Waals surface area contributed by atoms with Crippen molar-refractivity contribution in [2.24, 2.45) is 5.73 Å². The second kappa shape index (κ2) is 7.21. The molecule has 112 valence electrons. The molecule has 0 bridgehead atoms. The Morgan fingerprint density at radius 3 is 2.40 bits per heavy atom. The number of piperazine rings is 1. The van der Waals surface area contributed by atoms with E-state index in [9.17, 15) is 0 Å². The summed E-state index contributed by atoms with van der Waals surface area (Å²) in [6, 6.07) is 9.42. The molecule has 0 aromatic heterocycles. The zero-order valence-corrected chi connectivity index (χ0v) is 13.2. The summed E-state index contributed by atoms with van der Waals surface area (Å²) in [5, 5.41) is 0. The molecule has 1 aromatic carbocycles. The second-order valence-electron chi connectivity index (χ2n) is 5.90. The molecule has 2 atom stereocenters. The maximum absolute atomic E-state index is 6.44. The summed E-state index contributed by atoms with van der Waals surface area (Å²) in [6.45, 7) is 12.3. The van der Waals surface area contributed by atoms with E-state index >= 15 is 0 Å². The summed E-state index contributed by atoms with van der Waals surface area (Å²) < 4.78 is 0. The van der Waals surface area contributed by atoms with Gasteiger partial charge in [-0.1, -0.05) is 43.7 Å². The van der Waals surface area contributed by atoms with Crippen LogP contribution >= 0.6 is 0 Å². The van der Waals surface area contributed by atoms with Crippen molar-refractivity contribution in [3.63, 3.8) is 0 Å². The molecule has 0 saturated carbocycles. The Bertz CT molecular complexity index is 410. The van der Waals surface area contributed by atoms with Gasteiger partial charge in [-0.15, -0.1) is 0 Å². The largest absolute Gasteiger partial charge is 0.326 e. The fraction of sp³-hybridized carbons (Fsp3) is 0.647. The minimum atomic E-state index is 0.213. The molecule has 0 amide bonds. The number of likely N-dealkylation sites (N-methyl/N-ethyl adjacent to an activating group) is 1. The molecule has 0 aliphatic carbocycles. The van der Waals surface area contributed by atoms with Gasteiger partial charge in [-0.05, 0) is 25.5 Å². The lowest BCUT2D eigenvalue weighted by Crippen LogP contribution is -2.51. The Morgan fingerprint density at radius 1 is 1.15 bits per heavy atom. The molecule has 2 unspecified atom stereocenters. The SMILES string of the molecule is CCC(N)C(c1cccc(C)c1)N1CCN(CC)CC1. The Labute approximate surface area is 123 Å². The Kier molecular flexibility index (Phi) is 5.58. The van der Waals surface area contributed by atoms with Crippen molar-refractivity contribution < 1.29 is 0 Å². The second-order valence-corrected chi connectivity index (χ2v) is 5.90. The zero-order chi connectivity index (χ0) is 14.5. The normalized spacial score (nSPS) is 20.8. The fourth-order valence-corrected chi connectivity index (χ4v) is 3.16. The van der Waals surface area contributed by atoms with Crippen LogP contribution < -0.4 is 5.73 Å². The first-order valence-corrected chi connectivity index (χ1v) is 7.94. The van der Waals surface area contributed by atoms with Crippen LogP contribution in [0, 0.1) is 6.92 Å². The molecule has 2 N–H and O–H groups in total. The van der Waals surface area contributed by atoms with E-state index in [2.05, 4.69) is 54.8 Å². The van der Waals surface area contributed by atoms with Gasteiger partial charge in [0.2, 0.25) is 0 Å². The Hall–Kier alpha value is -0.900. The van der Waals surface area contributed by atoms with Crippen LogP contribution in [0.15, 0.2) is 24.3 Å². The highest BCUT2D eigenvalue weighted by Gasteiger charge is 2.28. The number of hydrogen-bond donors (Lipinski definition) is 1.